The van der Waals surface area contributed by atoms with Gasteiger partial charge in [-0.1, -0.05) is 12.1 Å². The summed E-state index contributed by atoms with van der Waals surface area (Å²) in [6.07, 6.45) is 0. The number of fused-ring (bicyclic) bond motifs is 1. The maximum absolute atomic E-state index is 13.9. The molecule has 0 aliphatic carbocycles. The van der Waals surface area contributed by atoms with Crippen LogP contribution in [0.4, 0.5) is 10.1 Å². The van der Waals surface area contributed by atoms with Crippen molar-refractivity contribution in [3.63, 3.8) is 0 Å². The van der Waals surface area contributed by atoms with Gasteiger partial charge in [0.25, 0.3) is 5.91 Å². The topological polar surface area (TPSA) is 88.8 Å². The first-order valence-corrected chi connectivity index (χ1v) is 10.3. The number of ether oxygens (including phenoxy) is 1. The van der Waals surface area contributed by atoms with E-state index >= 15 is 0 Å². The zero-order chi connectivity index (χ0) is 21.3. The summed E-state index contributed by atoms with van der Waals surface area (Å²) in [5.74, 6) is -1.04. The number of carbonyl (C=O) groups is 1. The minimum Gasteiger partial charge on any atom is -0.492 e. The molecule has 2 aromatic carbocycles. The molecular weight excluding hydrogens is 399 g/mol. The maximum Gasteiger partial charge on any atom is 0.291 e. The van der Waals surface area contributed by atoms with Gasteiger partial charge in [-0.25, -0.2) is 17.1 Å². The van der Waals surface area contributed by atoms with Crippen molar-refractivity contribution < 1.29 is 26.8 Å². The minimum absolute atomic E-state index is 0.00211. The largest absolute Gasteiger partial charge is 0.492 e. The molecule has 1 heterocycles. The maximum atomic E-state index is 13.9. The van der Waals surface area contributed by atoms with E-state index in [1.807, 2.05) is 0 Å². The Labute approximate surface area is 168 Å². The number of para-hydroxylation sites is 1. The molecule has 154 valence electrons. The summed E-state index contributed by atoms with van der Waals surface area (Å²) in [6.45, 7) is 3.68. The molecule has 9 heteroatoms. The van der Waals surface area contributed by atoms with Crippen molar-refractivity contribution >= 4 is 32.6 Å². The van der Waals surface area contributed by atoms with Gasteiger partial charge in [-0.15, -0.1) is 0 Å². The number of rotatable bonds is 6. The van der Waals surface area contributed by atoms with Gasteiger partial charge in [-0.3, -0.25) is 4.79 Å². The summed E-state index contributed by atoms with van der Waals surface area (Å²) in [4.78, 5) is 12.6. The highest BCUT2D eigenvalue weighted by Gasteiger charge is 2.24. The first kappa shape index (κ1) is 20.8. The smallest absolute Gasteiger partial charge is 0.291 e. The number of anilines is 1. The molecule has 0 fully saturated rings. The third-order valence-corrected chi connectivity index (χ3v) is 6.22. The molecule has 0 aliphatic rings. The summed E-state index contributed by atoms with van der Waals surface area (Å²) in [5, 5.41) is 3.10. The number of furan rings is 1. The van der Waals surface area contributed by atoms with Crippen LogP contribution in [0.3, 0.4) is 0 Å². The quantitative estimate of drug-likeness (QED) is 0.656. The molecule has 3 aromatic rings. The fourth-order valence-corrected chi connectivity index (χ4v) is 3.92. The highest BCUT2D eigenvalue weighted by molar-refractivity contribution is 7.89. The summed E-state index contributed by atoms with van der Waals surface area (Å²) in [7, 11) is -0.992. The van der Waals surface area contributed by atoms with Crippen LogP contribution in [0.2, 0.25) is 0 Å². The molecule has 1 aromatic heterocycles. The molecule has 1 N–H and O–H groups in total. The van der Waals surface area contributed by atoms with Gasteiger partial charge in [-0.05, 0) is 38.1 Å². The lowest BCUT2D eigenvalue weighted by Crippen LogP contribution is -2.23. The van der Waals surface area contributed by atoms with Crippen molar-refractivity contribution in [2.24, 2.45) is 0 Å². The number of aryl methyl sites for hydroxylation is 1. The molecule has 1 amide bonds. The number of benzene rings is 2. The Balaban J connectivity index is 1.99. The van der Waals surface area contributed by atoms with Crippen LogP contribution in [-0.2, 0) is 10.0 Å². The van der Waals surface area contributed by atoms with Crippen LogP contribution in [0.1, 0.15) is 23.0 Å². The van der Waals surface area contributed by atoms with Crippen molar-refractivity contribution in [3.05, 3.63) is 53.5 Å². The third-order valence-electron chi connectivity index (χ3n) is 4.38. The molecule has 0 spiro atoms. The Morgan fingerprint density at radius 2 is 1.97 bits per heavy atom. The number of sulfonamides is 1. The lowest BCUT2D eigenvalue weighted by atomic mass is 10.1. The Kier molecular flexibility index (Phi) is 5.63. The monoisotopic (exact) mass is 420 g/mol. The predicted molar refractivity (Wildman–Crippen MR) is 107 cm³/mol. The molecule has 7 nitrogen and oxygen atoms in total. The molecule has 0 aliphatic heterocycles. The van der Waals surface area contributed by atoms with E-state index in [0.29, 0.717) is 10.9 Å². The number of amides is 1. The zero-order valence-electron chi connectivity index (χ0n) is 16.4. The molecule has 0 saturated carbocycles. The molecule has 0 saturated heterocycles. The van der Waals surface area contributed by atoms with Gasteiger partial charge in [0.2, 0.25) is 10.0 Å². The lowest BCUT2D eigenvalue weighted by Gasteiger charge is -2.16. The second-order valence-corrected chi connectivity index (χ2v) is 8.63. The van der Waals surface area contributed by atoms with Gasteiger partial charge in [0.05, 0.1) is 6.61 Å². The molecule has 29 heavy (non-hydrogen) atoms. The van der Waals surface area contributed by atoms with Gasteiger partial charge >= 0.3 is 0 Å². The second kappa shape index (κ2) is 7.84. The van der Waals surface area contributed by atoms with Crippen LogP contribution in [-0.4, -0.2) is 39.3 Å². The van der Waals surface area contributed by atoms with Crippen LogP contribution in [0.15, 0.2) is 45.7 Å². The number of carbonyl (C=O) groups excluding carboxylic acids is 1. The fraction of sp³-hybridized carbons (Fsp3) is 0.250. The van der Waals surface area contributed by atoms with E-state index in [0.717, 1.165) is 4.31 Å². The van der Waals surface area contributed by atoms with Crippen molar-refractivity contribution in [1.29, 1.82) is 0 Å². The van der Waals surface area contributed by atoms with Crippen molar-refractivity contribution in [3.8, 4) is 5.75 Å². The minimum atomic E-state index is -3.80. The number of nitrogens with zero attached hydrogens (tertiary/aromatic N) is 1. The first-order chi connectivity index (χ1) is 13.7. The number of halogens is 1. The number of hydrogen-bond donors (Lipinski definition) is 1. The van der Waals surface area contributed by atoms with E-state index in [2.05, 4.69) is 5.32 Å². The summed E-state index contributed by atoms with van der Waals surface area (Å²) < 4.78 is 51.1. The van der Waals surface area contributed by atoms with Crippen LogP contribution in [0.5, 0.6) is 5.75 Å². The Morgan fingerprint density at radius 1 is 1.24 bits per heavy atom. The fourth-order valence-electron chi connectivity index (χ4n) is 2.87. The van der Waals surface area contributed by atoms with E-state index in [-0.39, 0.29) is 34.3 Å². The second-order valence-electron chi connectivity index (χ2n) is 6.51. The number of hydrogen-bond acceptors (Lipinski definition) is 5. The molecule has 3 rings (SSSR count). The van der Waals surface area contributed by atoms with Crippen molar-refractivity contribution in [1.82, 2.24) is 4.31 Å². The van der Waals surface area contributed by atoms with E-state index in [1.165, 1.54) is 44.4 Å². The SMILES string of the molecule is CCOc1ccc(NC(=O)c2oc3c(F)cccc3c2C)cc1S(=O)(=O)N(C)C. The van der Waals surface area contributed by atoms with E-state index in [1.54, 1.807) is 19.9 Å². The molecule has 0 unspecified atom stereocenters. The summed E-state index contributed by atoms with van der Waals surface area (Å²) >= 11 is 0. The third kappa shape index (κ3) is 3.83. The van der Waals surface area contributed by atoms with Gasteiger partial charge in [0.1, 0.15) is 10.6 Å². The van der Waals surface area contributed by atoms with Crippen molar-refractivity contribution in [2.45, 2.75) is 18.7 Å². The van der Waals surface area contributed by atoms with Gasteiger partial charge < -0.3 is 14.5 Å². The standard InChI is InChI=1S/C20H21FN2O5S/c1-5-27-16-10-9-13(11-17(16)29(25,26)23(3)4)22-20(24)18-12(2)14-7-6-8-15(21)19(14)28-18/h6-11H,5H2,1-4H3,(H,22,24). The van der Waals surface area contributed by atoms with Crippen LogP contribution in [0.25, 0.3) is 11.0 Å². The summed E-state index contributed by atoms with van der Waals surface area (Å²) in [6, 6.07) is 8.75. The number of nitrogens with one attached hydrogen (secondary N) is 1. The molecule has 0 radical (unpaired) electrons. The van der Waals surface area contributed by atoms with Gasteiger partial charge in [-0.2, -0.15) is 0 Å². The average Bonchev–Trinajstić information content (AvgIpc) is 3.01. The molecular formula is C20H21FN2O5S. The normalized spacial score (nSPS) is 11.8. The lowest BCUT2D eigenvalue weighted by molar-refractivity contribution is 0.0997. The zero-order valence-corrected chi connectivity index (χ0v) is 17.3. The van der Waals surface area contributed by atoms with Gasteiger partial charge in [0.15, 0.2) is 17.2 Å². The Hall–Kier alpha value is -2.91. The molecule has 0 atom stereocenters. The van der Waals surface area contributed by atoms with Crippen LogP contribution in [0, 0.1) is 12.7 Å². The van der Waals surface area contributed by atoms with E-state index in [9.17, 15) is 17.6 Å². The first-order valence-electron chi connectivity index (χ1n) is 8.85. The van der Waals surface area contributed by atoms with E-state index < -0.39 is 21.7 Å². The predicted octanol–water partition coefficient (Wildman–Crippen LogP) is 3.78. The Morgan fingerprint density at radius 3 is 2.59 bits per heavy atom. The average molecular weight is 420 g/mol. The van der Waals surface area contributed by atoms with Crippen LogP contribution >= 0.6 is 0 Å². The van der Waals surface area contributed by atoms with E-state index in [4.69, 9.17) is 9.15 Å². The summed E-state index contributed by atoms with van der Waals surface area (Å²) in [5.41, 5.74) is 0.723. The van der Waals surface area contributed by atoms with Crippen molar-refractivity contribution in [2.75, 3.05) is 26.0 Å². The highest BCUT2D eigenvalue weighted by atomic mass is 32.2. The van der Waals surface area contributed by atoms with Gasteiger partial charge in [0, 0.05) is 30.7 Å². The van der Waals surface area contributed by atoms with Crippen LogP contribution < -0.4 is 10.1 Å². The molecule has 0 bridgehead atoms. The highest BCUT2D eigenvalue weighted by Crippen LogP contribution is 2.31. The Bertz CT molecular complexity index is 1190.